The zero-order valence-electron chi connectivity index (χ0n) is 10.0. The van der Waals surface area contributed by atoms with Gasteiger partial charge < -0.3 is 9.15 Å². The highest BCUT2D eigenvalue weighted by Crippen LogP contribution is 2.10. The van der Waals surface area contributed by atoms with Gasteiger partial charge in [0, 0.05) is 0 Å². The van der Waals surface area contributed by atoms with Crippen LogP contribution in [0.5, 0.6) is 0 Å². The van der Waals surface area contributed by atoms with Gasteiger partial charge in [0.2, 0.25) is 0 Å². The number of carbonyl (C=O) groups is 1. The summed E-state index contributed by atoms with van der Waals surface area (Å²) in [5.74, 6) is 0.834. The minimum absolute atomic E-state index is 0.221. The Bertz CT molecular complexity index is 308. The number of methoxy groups -OCH3 is 1. The molecule has 1 aromatic rings. The molecule has 0 spiro atoms. The van der Waals surface area contributed by atoms with Crippen molar-refractivity contribution in [2.45, 2.75) is 32.9 Å². The molecule has 1 rings (SSSR count). The van der Waals surface area contributed by atoms with Gasteiger partial charge in [0.1, 0.15) is 11.8 Å². The lowest BCUT2D eigenvalue weighted by Gasteiger charge is -2.21. The Balaban J connectivity index is 2.53. The first kappa shape index (κ1) is 12.8. The van der Waals surface area contributed by atoms with Crippen LogP contribution in [0.15, 0.2) is 22.8 Å². The zero-order valence-corrected chi connectivity index (χ0v) is 10.0. The van der Waals surface area contributed by atoms with Crippen LogP contribution in [0.1, 0.15) is 26.0 Å². The molecule has 0 amide bonds. The van der Waals surface area contributed by atoms with E-state index in [9.17, 15) is 4.79 Å². The summed E-state index contributed by atoms with van der Waals surface area (Å²) in [5, 5.41) is 3.16. The average molecular weight is 225 g/mol. The number of hydrogen-bond donors (Lipinski definition) is 1. The number of rotatable bonds is 6. The van der Waals surface area contributed by atoms with E-state index in [2.05, 4.69) is 12.2 Å². The van der Waals surface area contributed by atoms with Crippen LogP contribution >= 0.6 is 0 Å². The average Bonchev–Trinajstić information content (AvgIpc) is 2.81. The molecule has 4 heteroatoms. The van der Waals surface area contributed by atoms with E-state index in [1.807, 2.05) is 19.1 Å². The molecule has 0 bridgehead atoms. The lowest BCUT2D eigenvalue weighted by Crippen LogP contribution is -2.42. The number of nitrogens with one attached hydrogen (secondary N) is 1. The highest BCUT2D eigenvalue weighted by molar-refractivity contribution is 5.75. The second kappa shape index (κ2) is 6.33. The van der Waals surface area contributed by atoms with Gasteiger partial charge in [-0.1, -0.05) is 20.3 Å². The van der Waals surface area contributed by atoms with Crippen molar-refractivity contribution >= 4 is 5.97 Å². The number of carbonyl (C=O) groups excluding carboxylic acids is 1. The summed E-state index contributed by atoms with van der Waals surface area (Å²) in [7, 11) is 1.41. The highest BCUT2D eigenvalue weighted by Gasteiger charge is 2.24. The molecule has 1 unspecified atom stereocenters. The van der Waals surface area contributed by atoms with Gasteiger partial charge in [-0.15, -0.1) is 0 Å². The standard InChI is InChI=1S/C12H19NO3/c1-4-9(2)11(12(14)15-3)13-8-10-6-5-7-16-10/h5-7,9,11,13H,4,8H2,1-3H3/t9-,11?/m0/s1. The van der Waals surface area contributed by atoms with Crippen molar-refractivity contribution in [3.8, 4) is 0 Å². The van der Waals surface area contributed by atoms with Gasteiger partial charge >= 0.3 is 5.97 Å². The molecule has 16 heavy (non-hydrogen) atoms. The Morgan fingerprint density at radius 2 is 2.38 bits per heavy atom. The lowest BCUT2D eigenvalue weighted by molar-refractivity contribution is -0.144. The van der Waals surface area contributed by atoms with Gasteiger partial charge in [-0.05, 0) is 18.1 Å². The summed E-state index contributed by atoms with van der Waals surface area (Å²) >= 11 is 0. The van der Waals surface area contributed by atoms with Crippen LogP contribution in [0.25, 0.3) is 0 Å². The maximum absolute atomic E-state index is 11.6. The summed E-state index contributed by atoms with van der Waals surface area (Å²) in [6.07, 6.45) is 2.54. The van der Waals surface area contributed by atoms with Gasteiger partial charge in [0.15, 0.2) is 0 Å². The van der Waals surface area contributed by atoms with Gasteiger partial charge in [-0.25, -0.2) is 0 Å². The summed E-state index contributed by atoms with van der Waals surface area (Å²) in [6.45, 7) is 4.61. The summed E-state index contributed by atoms with van der Waals surface area (Å²) in [4.78, 5) is 11.6. The fraction of sp³-hybridized carbons (Fsp3) is 0.583. The molecular weight excluding hydrogens is 206 g/mol. The summed E-state index contributed by atoms with van der Waals surface area (Å²) in [6, 6.07) is 3.42. The quantitative estimate of drug-likeness (QED) is 0.752. The van der Waals surface area contributed by atoms with E-state index in [0.29, 0.717) is 6.54 Å². The minimum Gasteiger partial charge on any atom is -0.468 e. The molecule has 0 aliphatic carbocycles. The molecule has 4 nitrogen and oxygen atoms in total. The van der Waals surface area contributed by atoms with E-state index >= 15 is 0 Å². The molecule has 1 heterocycles. The smallest absolute Gasteiger partial charge is 0.323 e. The molecule has 0 saturated heterocycles. The number of esters is 1. The van der Waals surface area contributed by atoms with Crippen LogP contribution in [0.3, 0.4) is 0 Å². The Hall–Kier alpha value is -1.29. The van der Waals surface area contributed by atoms with Crippen molar-refractivity contribution in [2.24, 2.45) is 5.92 Å². The van der Waals surface area contributed by atoms with E-state index in [4.69, 9.17) is 9.15 Å². The normalized spacial score (nSPS) is 14.4. The SMILES string of the molecule is CC[C@H](C)C(NCc1ccco1)C(=O)OC. The first-order valence-electron chi connectivity index (χ1n) is 5.52. The fourth-order valence-electron chi connectivity index (χ4n) is 1.50. The van der Waals surface area contributed by atoms with E-state index < -0.39 is 0 Å². The molecule has 0 aliphatic rings. The molecule has 0 saturated carbocycles. The molecule has 1 aromatic heterocycles. The Morgan fingerprint density at radius 3 is 2.88 bits per heavy atom. The topological polar surface area (TPSA) is 51.5 Å². The van der Waals surface area contributed by atoms with Crippen LogP contribution in [-0.4, -0.2) is 19.1 Å². The molecule has 0 fully saturated rings. The summed E-state index contributed by atoms with van der Waals surface area (Å²) < 4.78 is 9.97. The van der Waals surface area contributed by atoms with E-state index in [1.54, 1.807) is 6.26 Å². The Morgan fingerprint density at radius 1 is 1.62 bits per heavy atom. The first-order valence-corrected chi connectivity index (χ1v) is 5.52. The van der Waals surface area contributed by atoms with Crippen molar-refractivity contribution in [1.29, 1.82) is 0 Å². The van der Waals surface area contributed by atoms with Crippen LogP contribution < -0.4 is 5.32 Å². The maximum atomic E-state index is 11.6. The molecule has 0 aliphatic heterocycles. The molecule has 0 aromatic carbocycles. The van der Waals surface area contributed by atoms with Crippen molar-refractivity contribution in [3.63, 3.8) is 0 Å². The molecule has 1 N–H and O–H groups in total. The third kappa shape index (κ3) is 3.38. The van der Waals surface area contributed by atoms with Crippen LogP contribution in [-0.2, 0) is 16.1 Å². The van der Waals surface area contributed by atoms with Crippen LogP contribution in [0.4, 0.5) is 0 Å². The van der Waals surface area contributed by atoms with Crippen LogP contribution in [0, 0.1) is 5.92 Å². The predicted molar refractivity (Wildman–Crippen MR) is 60.8 cm³/mol. The number of furan rings is 1. The molecule has 90 valence electrons. The van der Waals surface area contributed by atoms with Gasteiger partial charge in [0.25, 0.3) is 0 Å². The molecule has 2 atom stereocenters. The van der Waals surface area contributed by atoms with Crippen molar-refractivity contribution in [2.75, 3.05) is 7.11 Å². The van der Waals surface area contributed by atoms with Crippen molar-refractivity contribution in [1.82, 2.24) is 5.32 Å². The van der Waals surface area contributed by atoms with Gasteiger partial charge in [0.05, 0.1) is 19.9 Å². The third-order valence-corrected chi connectivity index (χ3v) is 2.74. The number of hydrogen-bond acceptors (Lipinski definition) is 4. The fourth-order valence-corrected chi connectivity index (χ4v) is 1.50. The van der Waals surface area contributed by atoms with Gasteiger partial charge in [-0.2, -0.15) is 0 Å². The Kier molecular flexibility index (Phi) is 5.05. The second-order valence-corrected chi connectivity index (χ2v) is 3.85. The monoisotopic (exact) mass is 225 g/mol. The van der Waals surface area contributed by atoms with E-state index in [0.717, 1.165) is 12.2 Å². The predicted octanol–water partition coefficient (Wildman–Crippen LogP) is 1.96. The minimum atomic E-state index is -0.278. The van der Waals surface area contributed by atoms with E-state index in [-0.39, 0.29) is 17.9 Å². The lowest BCUT2D eigenvalue weighted by atomic mass is 9.99. The Labute approximate surface area is 96.0 Å². The van der Waals surface area contributed by atoms with Gasteiger partial charge in [-0.3, -0.25) is 10.1 Å². The van der Waals surface area contributed by atoms with E-state index in [1.165, 1.54) is 7.11 Å². The van der Waals surface area contributed by atoms with Crippen LogP contribution in [0.2, 0.25) is 0 Å². The first-order chi connectivity index (χ1) is 7.69. The molecule has 0 radical (unpaired) electrons. The van der Waals surface area contributed by atoms with Crippen molar-refractivity contribution in [3.05, 3.63) is 24.2 Å². The third-order valence-electron chi connectivity index (χ3n) is 2.74. The second-order valence-electron chi connectivity index (χ2n) is 3.85. The highest BCUT2D eigenvalue weighted by atomic mass is 16.5. The largest absolute Gasteiger partial charge is 0.468 e. The number of ether oxygens (including phenoxy) is 1. The molecular formula is C12H19NO3. The van der Waals surface area contributed by atoms with Crippen molar-refractivity contribution < 1.29 is 13.9 Å². The summed E-state index contributed by atoms with van der Waals surface area (Å²) in [5.41, 5.74) is 0. The maximum Gasteiger partial charge on any atom is 0.323 e. The zero-order chi connectivity index (χ0) is 12.0.